The molecule has 0 saturated heterocycles. The number of rotatable bonds is 4. The number of methoxy groups -OCH3 is 1. The number of hydrogen-bond acceptors (Lipinski definition) is 4. The normalized spacial score (nSPS) is 17.4. The number of carbonyl (C=O) groups is 1. The molecule has 0 aromatic carbocycles. The van der Waals surface area contributed by atoms with Gasteiger partial charge in [-0.3, -0.25) is 14.5 Å². The molecule has 2 aromatic heterocycles. The molecule has 1 unspecified atom stereocenters. The maximum absolute atomic E-state index is 12.6. The Balaban J connectivity index is 1.88. The topological polar surface area (TPSA) is 60.2 Å². The average molecular weight is 300 g/mol. The largest absolute Gasteiger partial charge is 0.384 e. The van der Waals surface area contributed by atoms with Crippen LogP contribution in [0.5, 0.6) is 0 Å². The quantitative estimate of drug-likeness (QED) is 0.862. The zero-order valence-electron chi connectivity index (χ0n) is 12.9. The van der Waals surface area contributed by atoms with E-state index in [2.05, 4.69) is 17.0 Å². The lowest BCUT2D eigenvalue weighted by Crippen LogP contribution is -2.39. The van der Waals surface area contributed by atoms with Crippen LogP contribution in [-0.2, 0) is 17.8 Å². The predicted molar refractivity (Wildman–Crippen MR) is 81.5 cm³/mol. The van der Waals surface area contributed by atoms with Crippen molar-refractivity contribution in [2.45, 2.75) is 25.9 Å². The van der Waals surface area contributed by atoms with Crippen molar-refractivity contribution in [3.05, 3.63) is 47.5 Å². The van der Waals surface area contributed by atoms with Gasteiger partial charge in [0.05, 0.1) is 12.3 Å². The number of carbonyl (C=O) groups excluding carboxylic acids is 1. The van der Waals surface area contributed by atoms with Gasteiger partial charge in [0.2, 0.25) is 0 Å². The van der Waals surface area contributed by atoms with Crippen molar-refractivity contribution in [1.82, 2.24) is 19.7 Å². The predicted octanol–water partition coefficient (Wildman–Crippen LogP) is 1.68. The second-order valence-electron chi connectivity index (χ2n) is 5.45. The van der Waals surface area contributed by atoms with Gasteiger partial charge in [-0.05, 0) is 19.1 Å². The first-order valence-corrected chi connectivity index (χ1v) is 7.48. The van der Waals surface area contributed by atoms with E-state index in [9.17, 15) is 4.79 Å². The van der Waals surface area contributed by atoms with Crippen LogP contribution in [0.2, 0.25) is 0 Å². The molecule has 0 fully saturated rings. The van der Waals surface area contributed by atoms with Crippen LogP contribution in [0.25, 0.3) is 0 Å². The summed E-state index contributed by atoms with van der Waals surface area (Å²) in [4.78, 5) is 18.6. The van der Waals surface area contributed by atoms with Crippen LogP contribution in [0.4, 0.5) is 0 Å². The van der Waals surface area contributed by atoms with Gasteiger partial charge in [0.1, 0.15) is 5.69 Å². The Hall–Kier alpha value is -2.21. The van der Waals surface area contributed by atoms with Crippen molar-refractivity contribution in [2.24, 2.45) is 0 Å². The highest BCUT2D eigenvalue weighted by molar-refractivity contribution is 5.92. The molecule has 0 saturated carbocycles. The second kappa shape index (κ2) is 6.27. The van der Waals surface area contributed by atoms with E-state index in [1.807, 2.05) is 27.9 Å². The molecule has 0 spiro atoms. The van der Waals surface area contributed by atoms with Gasteiger partial charge in [-0.25, -0.2) is 0 Å². The van der Waals surface area contributed by atoms with Gasteiger partial charge in [-0.1, -0.05) is 6.07 Å². The summed E-state index contributed by atoms with van der Waals surface area (Å²) in [5, 5.41) is 4.62. The summed E-state index contributed by atoms with van der Waals surface area (Å²) in [7, 11) is 1.68. The van der Waals surface area contributed by atoms with Crippen molar-refractivity contribution < 1.29 is 9.53 Å². The van der Waals surface area contributed by atoms with Gasteiger partial charge >= 0.3 is 0 Å². The minimum absolute atomic E-state index is 0.0448. The molecule has 6 nitrogen and oxygen atoms in total. The van der Waals surface area contributed by atoms with Gasteiger partial charge in [-0.15, -0.1) is 0 Å². The van der Waals surface area contributed by atoms with Crippen LogP contribution >= 0.6 is 0 Å². The lowest BCUT2D eigenvalue weighted by molar-refractivity contribution is 0.0673. The summed E-state index contributed by atoms with van der Waals surface area (Å²) in [6, 6.07) is 5.39. The summed E-state index contributed by atoms with van der Waals surface area (Å²) in [5.41, 5.74) is 2.62. The fraction of sp³-hybridized carbons (Fsp3) is 0.438. The highest BCUT2D eigenvalue weighted by atomic mass is 16.5. The third-order valence-corrected chi connectivity index (χ3v) is 3.92. The van der Waals surface area contributed by atoms with Crippen molar-refractivity contribution in [3.63, 3.8) is 0 Å². The fourth-order valence-corrected chi connectivity index (χ4v) is 2.87. The molecule has 1 amide bonds. The number of aryl methyl sites for hydroxylation is 1. The third-order valence-electron chi connectivity index (χ3n) is 3.92. The number of ether oxygens (including phenoxy) is 1. The number of aromatic nitrogens is 3. The zero-order valence-corrected chi connectivity index (χ0v) is 12.9. The summed E-state index contributed by atoms with van der Waals surface area (Å²) in [6.07, 6.45) is 3.67. The molecule has 116 valence electrons. The minimum atomic E-state index is -0.0448. The van der Waals surface area contributed by atoms with Crippen LogP contribution in [0, 0.1) is 0 Å². The van der Waals surface area contributed by atoms with Gasteiger partial charge in [-0.2, -0.15) is 5.10 Å². The fourth-order valence-electron chi connectivity index (χ4n) is 2.87. The molecule has 0 N–H and O–H groups in total. The molecule has 2 aromatic rings. The second-order valence-corrected chi connectivity index (χ2v) is 5.45. The van der Waals surface area contributed by atoms with E-state index in [4.69, 9.17) is 4.74 Å². The first-order valence-electron chi connectivity index (χ1n) is 7.48. The summed E-state index contributed by atoms with van der Waals surface area (Å²) in [5.74, 6) is 0.0609. The highest BCUT2D eigenvalue weighted by Gasteiger charge is 2.31. The van der Waals surface area contributed by atoms with Crippen LogP contribution in [0.3, 0.4) is 0 Å². The van der Waals surface area contributed by atoms with E-state index in [0.29, 0.717) is 25.4 Å². The molecular formula is C16H20N4O2. The Morgan fingerprint density at radius 3 is 3.00 bits per heavy atom. The van der Waals surface area contributed by atoms with Crippen LogP contribution in [0.1, 0.15) is 34.6 Å². The number of hydrogen-bond donors (Lipinski definition) is 0. The first-order chi connectivity index (χ1) is 10.7. The van der Waals surface area contributed by atoms with Crippen molar-refractivity contribution in [1.29, 1.82) is 0 Å². The summed E-state index contributed by atoms with van der Waals surface area (Å²) < 4.78 is 7.23. The SMILES string of the molecule is CCn1cc2c(n1)C(COC)CN(C(=O)c1ccccn1)C2. The Kier molecular flexibility index (Phi) is 4.20. The molecule has 1 aliphatic rings. The van der Waals surface area contributed by atoms with E-state index in [-0.39, 0.29) is 11.8 Å². The molecule has 22 heavy (non-hydrogen) atoms. The number of nitrogens with zero attached hydrogens (tertiary/aromatic N) is 4. The van der Waals surface area contributed by atoms with E-state index in [1.165, 1.54) is 0 Å². The molecule has 3 heterocycles. The van der Waals surface area contributed by atoms with Crippen molar-refractivity contribution in [2.75, 3.05) is 20.3 Å². The Morgan fingerprint density at radius 1 is 1.45 bits per heavy atom. The Morgan fingerprint density at radius 2 is 2.32 bits per heavy atom. The Labute approximate surface area is 129 Å². The Bertz CT molecular complexity index is 653. The number of amides is 1. The zero-order chi connectivity index (χ0) is 15.5. The summed E-state index contributed by atoms with van der Waals surface area (Å²) in [6.45, 7) is 4.61. The van der Waals surface area contributed by atoms with Gasteiger partial charge in [0.25, 0.3) is 5.91 Å². The van der Waals surface area contributed by atoms with Gasteiger partial charge < -0.3 is 9.64 Å². The van der Waals surface area contributed by atoms with Gasteiger partial charge in [0, 0.05) is 50.6 Å². The average Bonchev–Trinajstić information content (AvgIpc) is 2.98. The lowest BCUT2D eigenvalue weighted by atomic mass is 9.97. The number of pyridine rings is 1. The standard InChI is InChI=1S/C16H20N4O2/c1-3-20-10-12-8-19(9-13(11-22-2)15(12)18-20)16(21)14-6-4-5-7-17-14/h4-7,10,13H,3,8-9,11H2,1-2H3. The molecule has 1 aliphatic heterocycles. The highest BCUT2D eigenvalue weighted by Crippen LogP contribution is 2.28. The van der Waals surface area contributed by atoms with Crippen LogP contribution in [0.15, 0.2) is 30.6 Å². The lowest BCUT2D eigenvalue weighted by Gasteiger charge is -2.31. The smallest absolute Gasteiger partial charge is 0.272 e. The van der Waals surface area contributed by atoms with Crippen molar-refractivity contribution >= 4 is 5.91 Å². The summed E-state index contributed by atoms with van der Waals surface area (Å²) >= 11 is 0. The molecule has 3 rings (SSSR count). The number of fused-ring (bicyclic) bond motifs is 1. The van der Waals surface area contributed by atoms with E-state index in [1.54, 1.807) is 19.4 Å². The molecule has 6 heteroatoms. The molecule has 0 radical (unpaired) electrons. The van der Waals surface area contributed by atoms with E-state index in [0.717, 1.165) is 17.8 Å². The van der Waals surface area contributed by atoms with E-state index < -0.39 is 0 Å². The van der Waals surface area contributed by atoms with E-state index >= 15 is 0 Å². The molecule has 1 atom stereocenters. The maximum atomic E-state index is 12.6. The van der Waals surface area contributed by atoms with Crippen LogP contribution < -0.4 is 0 Å². The molecule has 0 bridgehead atoms. The minimum Gasteiger partial charge on any atom is -0.384 e. The molecular weight excluding hydrogens is 280 g/mol. The molecule has 0 aliphatic carbocycles. The first kappa shape index (κ1) is 14.7. The monoisotopic (exact) mass is 300 g/mol. The van der Waals surface area contributed by atoms with Crippen molar-refractivity contribution in [3.8, 4) is 0 Å². The third kappa shape index (κ3) is 2.74. The van der Waals surface area contributed by atoms with Gasteiger partial charge in [0.15, 0.2) is 0 Å². The maximum Gasteiger partial charge on any atom is 0.272 e. The van der Waals surface area contributed by atoms with Crippen LogP contribution in [-0.4, -0.2) is 45.8 Å².